The number of rotatable bonds is 2. The molecule has 1 rings (SSSR count). The lowest BCUT2D eigenvalue weighted by molar-refractivity contribution is -0.125. The number of nitrogens with zero attached hydrogens (tertiary/aromatic N) is 1. The third kappa shape index (κ3) is 2.19. The van der Waals surface area contributed by atoms with E-state index in [1.54, 1.807) is 31.2 Å². The molecule has 0 fully saturated rings. The van der Waals surface area contributed by atoms with Crippen molar-refractivity contribution in [1.82, 2.24) is 0 Å². The molecule has 1 aromatic rings. The maximum absolute atomic E-state index is 11.5. The van der Waals surface area contributed by atoms with E-state index in [0.717, 1.165) is 0 Å². The highest BCUT2D eigenvalue weighted by Crippen LogP contribution is 2.14. The SMILES string of the molecule is CCC(=O)N(C(C)=O)c1ccccc1. The fourth-order valence-electron chi connectivity index (χ4n) is 1.24. The monoisotopic (exact) mass is 191 g/mol. The van der Waals surface area contributed by atoms with Gasteiger partial charge in [-0.25, -0.2) is 0 Å². The number of carbonyl (C=O) groups is 2. The number of imide groups is 1. The van der Waals surface area contributed by atoms with Gasteiger partial charge in [-0.3, -0.25) is 14.5 Å². The largest absolute Gasteiger partial charge is 0.274 e. The third-order valence-electron chi connectivity index (χ3n) is 1.88. The standard InChI is InChI=1S/C11H13NO2/c1-3-11(14)12(9(2)13)10-7-5-4-6-8-10/h4-8H,3H2,1-2H3. The van der Waals surface area contributed by atoms with Crippen molar-refractivity contribution in [2.75, 3.05) is 4.90 Å². The Balaban J connectivity index is 3.01. The molecule has 0 heterocycles. The third-order valence-corrected chi connectivity index (χ3v) is 1.88. The molecule has 2 amide bonds. The van der Waals surface area contributed by atoms with Crippen LogP contribution in [-0.2, 0) is 9.59 Å². The van der Waals surface area contributed by atoms with Crippen LogP contribution in [0.2, 0.25) is 0 Å². The van der Waals surface area contributed by atoms with Crippen molar-refractivity contribution in [3.05, 3.63) is 30.3 Å². The number of para-hydroxylation sites is 1. The summed E-state index contributed by atoms with van der Waals surface area (Å²) in [7, 11) is 0. The second-order valence-corrected chi connectivity index (χ2v) is 2.94. The number of hydrogen-bond acceptors (Lipinski definition) is 2. The maximum atomic E-state index is 11.5. The van der Waals surface area contributed by atoms with Crippen LogP contribution in [0.15, 0.2) is 30.3 Å². The van der Waals surface area contributed by atoms with Gasteiger partial charge in [-0.05, 0) is 12.1 Å². The normalized spacial score (nSPS) is 9.57. The molecule has 74 valence electrons. The molecule has 0 unspecified atom stereocenters. The van der Waals surface area contributed by atoms with E-state index in [1.165, 1.54) is 11.8 Å². The van der Waals surface area contributed by atoms with E-state index in [1.807, 2.05) is 6.07 Å². The second-order valence-electron chi connectivity index (χ2n) is 2.94. The van der Waals surface area contributed by atoms with Gasteiger partial charge in [0.1, 0.15) is 0 Å². The van der Waals surface area contributed by atoms with Crippen molar-refractivity contribution in [3.8, 4) is 0 Å². The molecule has 0 atom stereocenters. The predicted molar refractivity (Wildman–Crippen MR) is 54.9 cm³/mol. The van der Waals surface area contributed by atoms with Crippen LogP contribution in [0.3, 0.4) is 0 Å². The van der Waals surface area contributed by atoms with Crippen molar-refractivity contribution < 1.29 is 9.59 Å². The Labute approximate surface area is 83.3 Å². The van der Waals surface area contributed by atoms with Crippen molar-refractivity contribution in [1.29, 1.82) is 0 Å². The fourth-order valence-corrected chi connectivity index (χ4v) is 1.24. The molecule has 0 N–H and O–H groups in total. The smallest absolute Gasteiger partial charge is 0.233 e. The Morgan fingerprint density at radius 3 is 2.21 bits per heavy atom. The summed E-state index contributed by atoms with van der Waals surface area (Å²) >= 11 is 0. The van der Waals surface area contributed by atoms with Crippen LogP contribution in [0.25, 0.3) is 0 Å². The molecule has 0 radical (unpaired) electrons. The van der Waals surface area contributed by atoms with Gasteiger partial charge in [0.15, 0.2) is 0 Å². The summed E-state index contributed by atoms with van der Waals surface area (Å²) in [6.45, 7) is 3.13. The first-order valence-electron chi connectivity index (χ1n) is 4.55. The molecule has 0 saturated heterocycles. The van der Waals surface area contributed by atoms with E-state index in [2.05, 4.69) is 0 Å². The summed E-state index contributed by atoms with van der Waals surface area (Å²) in [6.07, 6.45) is 0.328. The van der Waals surface area contributed by atoms with Gasteiger partial charge in [0, 0.05) is 13.3 Å². The maximum Gasteiger partial charge on any atom is 0.233 e. The first kappa shape index (κ1) is 10.4. The molecular weight excluding hydrogens is 178 g/mol. The van der Waals surface area contributed by atoms with Crippen LogP contribution in [-0.4, -0.2) is 11.8 Å². The summed E-state index contributed by atoms with van der Waals surface area (Å²) in [6, 6.07) is 8.94. The molecule has 0 bridgehead atoms. The van der Waals surface area contributed by atoms with Crippen LogP contribution in [0.4, 0.5) is 5.69 Å². The van der Waals surface area contributed by atoms with Gasteiger partial charge < -0.3 is 0 Å². The van der Waals surface area contributed by atoms with Crippen molar-refractivity contribution in [2.24, 2.45) is 0 Å². The summed E-state index contributed by atoms with van der Waals surface area (Å²) in [5.74, 6) is -0.424. The van der Waals surface area contributed by atoms with E-state index >= 15 is 0 Å². The molecule has 0 aromatic heterocycles. The number of amides is 2. The average Bonchev–Trinajstić information content (AvgIpc) is 2.19. The highest BCUT2D eigenvalue weighted by Gasteiger charge is 2.17. The first-order chi connectivity index (χ1) is 6.66. The zero-order chi connectivity index (χ0) is 10.6. The topological polar surface area (TPSA) is 37.4 Å². The predicted octanol–water partition coefficient (Wildman–Crippen LogP) is 1.98. The lowest BCUT2D eigenvalue weighted by atomic mass is 10.2. The Hall–Kier alpha value is -1.64. The summed E-state index contributed by atoms with van der Waals surface area (Å²) in [5, 5.41) is 0. The number of hydrogen-bond donors (Lipinski definition) is 0. The summed E-state index contributed by atoms with van der Waals surface area (Å²) in [5.41, 5.74) is 0.631. The van der Waals surface area contributed by atoms with Crippen molar-refractivity contribution in [3.63, 3.8) is 0 Å². The average molecular weight is 191 g/mol. The van der Waals surface area contributed by atoms with Crippen LogP contribution in [0.1, 0.15) is 20.3 Å². The number of carbonyl (C=O) groups excluding carboxylic acids is 2. The van der Waals surface area contributed by atoms with Gasteiger partial charge in [-0.2, -0.15) is 0 Å². The molecule has 0 saturated carbocycles. The van der Waals surface area contributed by atoms with E-state index in [-0.39, 0.29) is 11.8 Å². The van der Waals surface area contributed by atoms with Crippen molar-refractivity contribution in [2.45, 2.75) is 20.3 Å². The van der Waals surface area contributed by atoms with Crippen LogP contribution >= 0.6 is 0 Å². The quantitative estimate of drug-likeness (QED) is 0.716. The van der Waals surface area contributed by atoms with Crippen molar-refractivity contribution >= 4 is 17.5 Å². The Morgan fingerprint density at radius 1 is 1.21 bits per heavy atom. The van der Waals surface area contributed by atoms with Crippen LogP contribution < -0.4 is 4.90 Å². The van der Waals surface area contributed by atoms with Crippen LogP contribution in [0.5, 0.6) is 0 Å². The van der Waals surface area contributed by atoms with E-state index in [9.17, 15) is 9.59 Å². The summed E-state index contributed by atoms with van der Waals surface area (Å²) < 4.78 is 0. The molecule has 0 aliphatic rings. The van der Waals surface area contributed by atoms with E-state index in [4.69, 9.17) is 0 Å². The highest BCUT2D eigenvalue weighted by molar-refractivity contribution is 6.13. The molecule has 0 spiro atoms. The van der Waals surface area contributed by atoms with Gasteiger partial charge in [0.2, 0.25) is 11.8 Å². The molecule has 1 aromatic carbocycles. The Kier molecular flexibility index (Phi) is 3.40. The molecule has 0 aliphatic carbocycles. The van der Waals surface area contributed by atoms with E-state index < -0.39 is 0 Å². The minimum atomic E-state index is -0.247. The number of benzene rings is 1. The molecule has 14 heavy (non-hydrogen) atoms. The molecule has 0 aliphatic heterocycles. The second kappa shape index (κ2) is 4.56. The van der Waals surface area contributed by atoms with Gasteiger partial charge in [-0.1, -0.05) is 25.1 Å². The van der Waals surface area contributed by atoms with Gasteiger partial charge in [-0.15, -0.1) is 0 Å². The molecule has 3 heteroatoms. The highest BCUT2D eigenvalue weighted by atomic mass is 16.2. The Bertz CT molecular complexity index is 332. The lowest BCUT2D eigenvalue weighted by Gasteiger charge is -2.17. The minimum absolute atomic E-state index is 0.177. The van der Waals surface area contributed by atoms with Gasteiger partial charge in [0.25, 0.3) is 0 Å². The fraction of sp³-hybridized carbons (Fsp3) is 0.273. The molecule has 3 nitrogen and oxygen atoms in total. The summed E-state index contributed by atoms with van der Waals surface area (Å²) in [4.78, 5) is 23.9. The number of anilines is 1. The van der Waals surface area contributed by atoms with Gasteiger partial charge >= 0.3 is 0 Å². The van der Waals surface area contributed by atoms with Crippen LogP contribution in [0, 0.1) is 0 Å². The zero-order valence-corrected chi connectivity index (χ0v) is 8.36. The van der Waals surface area contributed by atoms with E-state index in [0.29, 0.717) is 12.1 Å². The molecular formula is C11H13NO2. The first-order valence-corrected chi connectivity index (χ1v) is 4.55. The zero-order valence-electron chi connectivity index (χ0n) is 8.36. The lowest BCUT2D eigenvalue weighted by Crippen LogP contribution is -2.34. The Morgan fingerprint density at radius 2 is 1.79 bits per heavy atom. The minimum Gasteiger partial charge on any atom is -0.274 e. The van der Waals surface area contributed by atoms with Gasteiger partial charge in [0.05, 0.1) is 5.69 Å².